The SMILES string of the molecule is CN1C2=NC(N3CCC4(CC3)Cc3ccccc3C4)=CC=NC1=C(Sc1cccc(N3CCCC3=O)c1Cl)C=C2. The van der Waals surface area contributed by atoms with E-state index in [1.807, 2.05) is 42.4 Å². The van der Waals surface area contributed by atoms with E-state index in [0.29, 0.717) is 23.4 Å². The van der Waals surface area contributed by atoms with E-state index in [4.69, 9.17) is 21.6 Å². The van der Waals surface area contributed by atoms with Crippen LogP contribution in [0.4, 0.5) is 5.69 Å². The topological polar surface area (TPSA) is 51.5 Å². The van der Waals surface area contributed by atoms with Crippen LogP contribution in [-0.4, -0.2) is 54.4 Å². The molecule has 0 unspecified atom stereocenters. The van der Waals surface area contributed by atoms with Crippen LogP contribution in [0, 0.1) is 5.41 Å². The number of hydrogen-bond donors (Lipinski definition) is 0. The molecule has 40 heavy (non-hydrogen) atoms. The second kappa shape index (κ2) is 10.3. The Morgan fingerprint density at radius 2 is 1.75 bits per heavy atom. The molecule has 2 saturated heterocycles. The fourth-order valence-corrected chi connectivity index (χ4v) is 7.94. The summed E-state index contributed by atoms with van der Waals surface area (Å²) in [5.74, 6) is 2.82. The fraction of sp³-hybridized carbons (Fsp3) is 0.344. The summed E-state index contributed by atoms with van der Waals surface area (Å²) in [7, 11) is 2.01. The third-order valence-corrected chi connectivity index (χ3v) is 10.4. The summed E-state index contributed by atoms with van der Waals surface area (Å²) < 4.78 is 0. The van der Waals surface area contributed by atoms with Gasteiger partial charge in [-0.05, 0) is 79.0 Å². The molecule has 0 radical (unpaired) electrons. The van der Waals surface area contributed by atoms with Gasteiger partial charge in [0.05, 0.1) is 15.6 Å². The highest BCUT2D eigenvalue weighted by atomic mass is 35.5. The number of likely N-dealkylation sites (tertiary alicyclic amines) is 1. The number of piperidine rings is 1. The summed E-state index contributed by atoms with van der Waals surface area (Å²) in [5, 5.41) is 0.608. The summed E-state index contributed by atoms with van der Waals surface area (Å²) in [6.07, 6.45) is 14.3. The number of amides is 1. The molecule has 1 spiro atoms. The molecular formula is C32H32ClN5OS. The van der Waals surface area contributed by atoms with Gasteiger partial charge in [-0.3, -0.25) is 4.79 Å². The lowest BCUT2D eigenvalue weighted by Crippen LogP contribution is -2.40. The van der Waals surface area contributed by atoms with E-state index in [1.54, 1.807) is 16.7 Å². The molecule has 204 valence electrons. The smallest absolute Gasteiger partial charge is 0.227 e. The van der Waals surface area contributed by atoms with Crippen LogP contribution in [0.25, 0.3) is 0 Å². The van der Waals surface area contributed by atoms with Gasteiger partial charge < -0.3 is 14.7 Å². The van der Waals surface area contributed by atoms with Crippen LogP contribution >= 0.6 is 23.4 Å². The number of hydrogen-bond acceptors (Lipinski definition) is 6. The molecule has 6 nitrogen and oxygen atoms in total. The van der Waals surface area contributed by atoms with Crippen LogP contribution in [-0.2, 0) is 17.6 Å². The van der Waals surface area contributed by atoms with Crippen molar-refractivity contribution >= 4 is 47.0 Å². The normalized spacial score (nSPS) is 21.6. The number of rotatable bonds is 4. The molecule has 0 N–H and O–H groups in total. The largest absolute Gasteiger partial charge is 0.356 e. The van der Waals surface area contributed by atoms with Gasteiger partial charge in [0.1, 0.15) is 17.5 Å². The Morgan fingerprint density at radius 1 is 0.975 bits per heavy atom. The maximum absolute atomic E-state index is 12.3. The Morgan fingerprint density at radius 3 is 2.48 bits per heavy atom. The lowest BCUT2D eigenvalue weighted by molar-refractivity contribution is -0.117. The van der Waals surface area contributed by atoms with Crippen molar-refractivity contribution in [3.63, 3.8) is 0 Å². The average molecular weight is 570 g/mol. The van der Waals surface area contributed by atoms with Crippen molar-refractivity contribution in [1.82, 2.24) is 9.80 Å². The average Bonchev–Trinajstić information content (AvgIpc) is 3.54. The molecule has 5 aliphatic rings. The van der Waals surface area contributed by atoms with Gasteiger partial charge in [-0.2, -0.15) is 0 Å². The van der Waals surface area contributed by atoms with Crippen LogP contribution in [0.3, 0.4) is 0 Å². The summed E-state index contributed by atoms with van der Waals surface area (Å²) in [5.41, 5.74) is 4.25. The van der Waals surface area contributed by atoms with Gasteiger partial charge in [-0.25, -0.2) is 9.98 Å². The third-order valence-electron chi connectivity index (χ3n) is 8.84. The second-order valence-corrected chi connectivity index (χ2v) is 12.8. The molecule has 8 heteroatoms. The van der Waals surface area contributed by atoms with Crippen molar-refractivity contribution in [2.75, 3.05) is 31.6 Å². The maximum atomic E-state index is 12.3. The lowest BCUT2D eigenvalue weighted by atomic mass is 9.76. The first-order chi connectivity index (χ1) is 19.5. The highest BCUT2D eigenvalue weighted by molar-refractivity contribution is 8.03. The van der Waals surface area contributed by atoms with E-state index >= 15 is 0 Å². The van der Waals surface area contributed by atoms with Gasteiger partial charge in [-0.15, -0.1) is 0 Å². The van der Waals surface area contributed by atoms with Crippen molar-refractivity contribution in [2.24, 2.45) is 15.4 Å². The number of carbonyl (C=O) groups excluding carboxylic acids is 1. The molecule has 4 aliphatic heterocycles. The van der Waals surface area contributed by atoms with E-state index < -0.39 is 0 Å². The predicted molar refractivity (Wildman–Crippen MR) is 164 cm³/mol. The highest BCUT2D eigenvalue weighted by Gasteiger charge is 2.40. The lowest BCUT2D eigenvalue weighted by Gasteiger charge is -2.40. The molecule has 0 saturated carbocycles. The van der Waals surface area contributed by atoms with Gasteiger partial charge in [0, 0.05) is 44.2 Å². The van der Waals surface area contributed by atoms with E-state index in [2.05, 4.69) is 41.3 Å². The van der Waals surface area contributed by atoms with Crippen LogP contribution in [0.5, 0.6) is 0 Å². The molecule has 0 aromatic heterocycles. The molecule has 2 aromatic rings. The summed E-state index contributed by atoms with van der Waals surface area (Å²) in [6.45, 7) is 2.74. The number of likely N-dealkylation sites (N-methyl/N-ethyl adjacent to an activating group) is 1. The van der Waals surface area contributed by atoms with Crippen LogP contribution in [0.2, 0.25) is 5.02 Å². The molecule has 2 bridgehead atoms. The van der Waals surface area contributed by atoms with Crippen LogP contribution in [0.1, 0.15) is 36.8 Å². The molecule has 4 heterocycles. The Balaban J connectivity index is 1.09. The number of amidine groups is 1. The van der Waals surface area contributed by atoms with Crippen molar-refractivity contribution in [3.8, 4) is 0 Å². The van der Waals surface area contributed by atoms with E-state index in [9.17, 15) is 4.79 Å². The predicted octanol–water partition coefficient (Wildman–Crippen LogP) is 6.43. The van der Waals surface area contributed by atoms with Gasteiger partial charge >= 0.3 is 0 Å². The fourth-order valence-electron chi connectivity index (χ4n) is 6.60. The zero-order valence-corrected chi connectivity index (χ0v) is 24.2. The van der Waals surface area contributed by atoms with Crippen LogP contribution in [0.15, 0.2) is 92.1 Å². The highest BCUT2D eigenvalue weighted by Crippen LogP contribution is 2.45. The number of halogens is 1. The zero-order valence-electron chi connectivity index (χ0n) is 22.6. The summed E-state index contributed by atoms with van der Waals surface area (Å²) in [6, 6.07) is 14.8. The number of aliphatic imine (C=N–C) groups is 2. The van der Waals surface area contributed by atoms with Crippen LogP contribution < -0.4 is 4.90 Å². The van der Waals surface area contributed by atoms with Crippen molar-refractivity contribution in [3.05, 3.63) is 93.4 Å². The first-order valence-corrected chi connectivity index (χ1v) is 15.3. The van der Waals surface area contributed by atoms with Crippen molar-refractivity contribution < 1.29 is 4.79 Å². The van der Waals surface area contributed by atoms with Crippen molar-refractivity contribution in [2.45, 2.75) is 43.4 Å². The van der Waals surface area contributed by atoms with Crippen molar-refractivity contribution in [1.29, 1.82) is 0 Å². The van der Waals surface area contributed by atoms with E-state index in [0.717, 1.165) is 52.5 Å². The second-order valence-electron chi connectivity index (χ2n) is 11.3. The maximum Gasteiger partial charge on any atom is 0.227 e. The minimum atomic E-state index is 0.133. The molecule has 0 atom stereocenters. The number of allylic oxidation sites excluding steroid dienone is 2. The molecule has 1 amide bonds. The number of fused-ring (bicyclic) bond motifs is 3. The summed E-state index contributed by atoms with van der Waals surface area (Å²) in [4.78, 5) is 30.4. The third kappa shape index (κ3) is 4.59. The van der Waals surface area contributed by atoms with E-state index in [1.165, 1.54) is 36.8 Å². The Kier molecular flexibility index (Phi) is 6.59. The Bertz CT molecular complexity index is 1500. The minimum Gasteiger partial charge on any atom is -0.356 e. The van der Waals surface area contributed by atoms with Gasteiger partial charge in [-0.1, -0.05) is 53.7 Å². The quantitative estimate of drug-likeness (QED) is 0.425. The number of anilines is 1. The molecule has 2 aromatic carbocycles. The zero-order chi connectivity index (χ0) is 27.3. The minimum absolute atomic E-state index is 0.133. The standard InChI is InChI=1S/C32H32ClN5OS/c1-36-27-12-11-26(40-25-9-4-8-24(30(25)33)38-17-5-10-29(38)39)31(36)34-16-13-28(35-27)37-18-14-32(15-19-37)20-22-6-2-3-7-23(22)21-32/h2-4,6-9,11-13,16H,5,10,14-15,17-21H2,1H3. The Labute approximate surface area is 244 Å². The molecule has 2 fully saturated rings. The first-order valence-electron chi connectivity index (χ1n) is 14.1. The Hall–Kier alpha value is -3.29. The summed E-state index contributed by atoms with van der Waals surface area (Å²) >= 11 is 8.40. The number of nitrogens with zero attached hydrogens (tertiary/aromatic N) is 5. The van der Waals surface area contributed by atoms with Gasteiger partial charge in [0.2, 0.25) is 5.91 Å². The monoisotopic (exact) mass is 569 g/mol. The number of thioether (sulfide) groups is 1. The molecular weight excluding hydrogens is 538 g/mol. The van der Waals surface area contributed by atoms with Gasteiger partial charge in [0.15, 0.2) is 0 Å². The molecule has 7 rings (SSSR count). The molecule has 1 aliphatic carbocycles. The van der Waals surface area contributed by atoms with Gasteiger partial charge in [0.25, 0.3) is 0 Å². The number of carbonyl (C=O) groups is 1. The first kappa shape index (κ1) is 25.7. The van der Waals surface area contributed by atoms with E-state index in [-0.39, 0.29) is 5.91 Å². The number of benzene rings is 2.